The van der Waals surface area contributed by atoms with Gasteiger partial charge < -0.3 is 4.42 Å². The second-order valence-corrected chi connectivity index (χ2v) is 5.48. The maximum atomic E-state index is 11.9. The predicted molar refractivity (Wildman–Crippen MR) is 71.7 cm³/mol. The molecule has 19 heavy (non-hydrogen) atoms. The predicted octanol–water partition coefficient (Wildman–Crippen LogP) is 2.23. The molecular weight excluding hydrogens is 264 g/mol. The fraction of sp³-hybridized carbons (Fsp3) is 0.308. The van der Waals surface area contributed by atoms with Crippen LogP contribution in [0, 0.1) is 0 Å². The van der Waals surface area contributed by atoms with Crippen molar-refractivity contribution in [2.75, 3.05) is 5.32 Å². The first kappa shape index (κ1) is 12.1. The van der Waals surface area contributed by atoms with Gasteiger partial charge in [0.2, 0.25) is 0 Å². The van der Waals surface area contributed by atoms with Crippen LogP contribution in [0.3, 0.4) is 0 Å². The van der Waals surface area contributed by atoms with Crippen molar-refractivity contribution in [1.29, 1.82) is 0 Å². The molecule has 1 aliphatic carbocycles. The lowest BCUT2D eigenvalue weighted by molar-refractivity contribution is 0.102. The monoisotopic (exact) mass is 276 g/mol. The second kappa shape index (κ2) is 4.97. The molecule has 0 fully saturated rings. The van der Waals surface area contributed by atoms with Crippen molar-refractivity contribution < 1.29 is 9.21 Å². The fourth-order valence-corrected chi connectivity index (χ4v) is 3.11. The van der Waals surface area contributed by atoms with Crippen LogP contribution in [0.2, 0.25) is 0 Å². The molecule has 0 aromatic carbocycles. The van der Waals surface area contributed by atoms with Gasteiger partial charge in [0.05, 0.1) is 11.3 Å². The van der Waals surface area contributed by atoms with Gasteiger partial charge in [-0.3, -0.25) is 10.1 Å². The molecule has 0 bridgehead atoms. The Labute approximate surface area is 113 Å². The van der Waals surface area contributed by atoms with Crippen molar-refractivity contribution in [1.82, 2.24) is 4.98 Å². The molecule has 0 saturated carbocycles. The molecule has 1 N–H and O–H groups in total. The van der Waals surface area contributed by atoms with Gasteiger partial charge in [-0.2, -0.15) is 0 Å². The minimum Gasteiger partial charge on any atom is -0.430 e. The van der Waals surface area contributed by atoms with E-state index in [9.17, 15) is 9.59 Å². The third-order valence-electron chi connectivity index (χ3n) is 3.03. The maximum Gasteiger partial charge on any atom is 0.335 e. The Balaban J connectivity index is 1.77. The Kier molecular flexibility index (Phi) is 3.16. The SMILES string of the molecule is O=C(Nc1nc2c(s1)CCCC2)c1ccc(=O)oc1. The summed E-state index contributed by atoms with van der Waals surface area (Å²) in [7, 11) is 0. The van der Waals surface area contributed by atoms with E-state index in [1.807, 2.05) is 0 Å². The Morgan fingerprint density at radius 1 is 1.32 bits per heavy atom. The van der Waals surface area contributed by atoms with Crippen LogP contribution < -0.4 is 10.9 Å². The first-order valence-electron chi connectivity index (χ1n) is 6.11. The molecule has 0 radical (unpaired) electrons. The molecule has 1 amide bonds. The van der Waals surface area contributed by atoms with Crippen LogP contribution in [0.1, 0.15) is 33.8 Å². The number of aryl methyl sites for hydroxylation is 2. The number of anilines is 1. The lowest BCUT2D eigenvalue weighted by atomic mass is 10.0. The molecule has 0 saturated heterocycles. The first-order chi connectivity index (χ1) is 9.22. The number of aromatic nitrogens is 1. The van der Waals surface area contributed by atoms with Crippen molar-refractivity contribution in [3.05, 3.63) is 45.0 Å². The van der Waals surface area contributed by atoms with Gasteiger partial charge in [-0.25, -0.2) is 9.78 Å². The zero-order chi connectivity index (χ0) is 13.2. The number of thiazole rings is 1. The summed E-state index contributed by atoms with van der Waals surface area (Å²) in [6.45, 7) is 0. The molecule has 0 spiro atoms. The van der Waals surface area contributed by atoms with Crippen LogP contribution in [-0.2, 0) is 12.8 Å². The van der Waals surface area contributed by atoms with Crippen LogP contribution in [-0.4, -0.2) is 10.9 Å². The highest BCUT2D eigenvalue weighted by Crippen LogP contribution is 2.29. The van der Waals surface area contributed by atoms with Crippen LogP contribution in [0.25, 0.3) is 0 Å². The van der Waals surface area contributed by atoms with Gasteiger partial charge >= 0.3 is 5.63 Å². The number of nitrogens with zero attached hydrogens (tertiary/aromatic N) is 1. The summed E-state index contributed by atoms with van der Waals surface area (Å²) in [5, 5.41) is 3.36. The standard InChI is InChI=1S/C13H12N2O3S/c16-11-6-5-8(7-18-11)12(17)15-13-14-9-3-1-2-4-10(9)19-13/h5-7H,1-4H2,(H,14,15,17). The Morgan fingerprint density at radius 2 is 2.16 bits per heavy atom. The molecule has 98 valence electrons. The second-order valence-electron chi connectivity index (χ2n) is 4.39. The molecule has 2 aromatic heterocycles. The smallest absolute Gasteiger partial charge is 0.335 e. The number of hydrogen-bond acceptors (Lipinski definition) is 5. The molecule has 3 rings (SSSR count). The average molecular weight is 276 g/mol. The quantitative estimate of drug-likeness (QED) is 0.913. The largest absolute Gasteiger partial charge is 0.430 e. The number of carbonyl (C=O) groups is 1. The zero-order valence-corrected chi connectivity index (χ0v) is 11.0. The van der Waals surface area contributed by atoms with Gasteiger partial charge in [0.15, 0.2) is 5.13 Å². The summed E-state index contributed by atoms with van der Waals surface area (Å²) in [5.41, 5.74) is 0.945. The van der Waals surface area contributed by atoms with Crippen molar-refractivity contribution >= 4 is 22.4 Å². The number of fused-ring (bicyclic) bond motifs is 1. The number of nitrogens with one attached hydrogen (secondary N) is 1. The van der Waals surface area contributed by atoms with Crippen molar-refractivity contribution in [3.63, 3.8) is 0 Å². The van der Waals surface area contributed by atoms with E-state index in [0.717, 1.165) is 31.2 Å². The van der Waals surface area contributed by atoms with Crippen LogP contribution in [0.15, 0.2) is 27.6 Å². The highest BCUT2D eigenvalue weighted by molar-refractivity contribution is 7.15. The number of hydrogen-bond donors (Lipinski definition) is 1. The number of carbonyl (C=O) groups excluding carboxylic acids is 1. The summed E-state index contributed by atoms with van der Waals surface area (Å²) in [6.07, 6.45) is 5.54. The molecule has 2 heterocycles. The summed E-state index contributed by atoms with van der Waals surface area (Å²) in [5.74, 6) is -0.310. The van der Waals surface area contributed by atoms with Gasteiger partial charge in [0.25, 0.3) is 5.91 Å². The maximum absolute atomic E-state index is 11.9. The first-order valence-corrected chi connectivity index (χ1v) is 6.93. The molecule has 6 heteroatoms. The van der Waals surface area contributed by atoms with Crippen LogP contribution >= 0.6 is 11.3 Å². The highest BCUT2D eigenvalue weighted by atomic mass is 32.1. The highest BCUT2D eigenvalue weighted by Gasteiger charge is 2.16. The van der Waals surface area contributed by atoms with Gasteiger partial charge in [-0.15, -0.1) is 11.3 Å². The minimum absolute atomic E-state index is 0.310. The lowest BCUT2D eigenvalue weighted by Crippen LogP contribution is -2.12. The van der Waals surface area contributed by atoms with Crippen molar-refractivity contribution in [2.45, 2.75) is 25.7 Å². The van der Waals surface area contributed by atoms with E-state index in [2.05, 4.69) is 14.7 Å². The number of amides is 1. The fourth-order valence-electron chi connectivity index (χ4n) is 2.06. The number of rotatable bonds is 2. The van der Waals surface area contributed by atoms with Crippen LogP contribution in [0.4, 0.5) is 5.13 Å². The van der Waals surface area contributed by atoms with Crippen molar-refractivity contribution in [2.24, 2.45) is 0 Å². The van der Waals surface area contributed by atoms with Crippen molar-refractivity contribution in [3.8, 4) is 0 Å². The molecule has 1 aliphatic rings. The van der Waals surface area contributed by atoms with E-state index in [4.69, 9.17) is 0 Å². The van der Waals surface area contributed by atoms with E-state index in [0.29, 0.717) is 10.7 Å². The van der Waals surface area contributed by atoms with Gasteiger partial charge in [0.1, 0.15) is 6.26 Å². The van der Waals surface area contributed by atoms with Crippen LogP contribution in [0.5, 0.6) is 0 Å². The van der Waals surface area contributed by atoms with Gasteiger partial charge in [-0.05, 0) is 31.7 Å². The van der Waals surface area contributed by atoms with Gasteiger partial charge in [-0.1, -0.05) is 0 Å². The molecular formula is C13H12N2O3S. The normalized spacial score (nSPS) is 13.9. The molecule has 5 nitrogen and oxygen atoms in total. The third-order valence-corrected chi connectivity index (χ3v) is 4.10. The van der Waals surface area contributed by atoms with E-state index in [-0.39, 0.29) is 5.91 Å². The zero-order valence-electron chi connectivity index (χ0n) is 10.1. The Morgan fingerprint density at radius 3 is 2.89 bits per heavy atom. The van der Waals surface area contributed by atoms with E-state index >= 15 is 0 Å². The van der Waals surface area contributed by atoms with E-state index in [1.165, 1.54) is 34.8 Å². The lowest BCUT2D eigenvalue weighted by Gasteiger charge is -2.06. The Bertz CT molecular complexity index is 631. The summed E-state index contributed by atoms with van der Waals surface area (Å²) < 4.78 is 4.66. The van der Waals surface area contributed by atoms with E-state index < -0.39 is 5.63 Å². The minimum atomic E-state index is -0.471. The van der Waals surface area contributed by atoms with Gasteiger partial charge in [0, 0.05) is 10.9 Å². The topological polar surface area (TPSA) is 72.2 Å². The molecule has 0 aliphatic heterocycles. The summed E-state index contributed by atoms with van der Waals surface area (Å²) in [4.78, 5) is 28.5. The summed E-state index contributed by atoms with van der Waals surface area (Å²) in [6, 6.07) is 2.66. The molecule has 2 aromatic rings. The molecule has 0 atom stereocenters. The Hall–Kier alpha value is -1.95. The average Bonchev–Trinajstić information content (AvgIpc) is 2.81. The molecule has 0 unspecified atom stereocenters. The third kappa shape index (κ3) is 2.58. The van der Waals surface area contributed by atoms with E-state index in [1.54, 1.807) is 0 Å². The summed E-state index contributed by atoms with van der Waals surface area (Å²) >= 11 is 1.53.